The van der Waals surface area contributed by atoms with E-state index >= 15 is 0 Å². The van der Waals surface area contributed by atoms with Crippen LogP contribution in [0.1, 0.15) is 21.6 Å². The van der Waals surface area contributed by atoms with E-state index in [1.165, 1.54) is 6.20 Å². The zero-order valence-corrected chi connectivity index (χ0v) is 10.5. The standard InChI is InChI=1S/C13H11ClN2O2/c1-8-2-4-9(5-3-8)12(17)6-11-10(14)7-15-13(18)16-11/h2-5,7H,6H2,1H3,(H,15,16,18). The van der Waals surface area contributed by atoms with Gasteiger partial charge in [-0.1, -0.05) is 41.4 Å². The lowest BCUT2D eigenvalue weighted by Crippen LogP contribution is -2.15. The number of hydrogen-bond acceptors (Lipinski definition) is 3. The van der Waals surface area contributed by atoms with Gasteiger partial charge in [-0.25, -0.2) is 4.79 Å². The fourth-order valence-corrected chi connectivity index (χ4v) is 1.70. The van der Waals surface area contributed by atoms with Crippen LogP contribution in [0.15, 0.2) is 35.3 Å². The Morgan fingerprint density at radius 1 is 1.33 bits per heavy atom. The quantitative estimate of drug-likeness (QED) is 0.862. The summed E-state index contributed by atoms with van der Waals surface area (Å²) in [7, 11) is 0. The molecule has 1 N–H and O–H groups in total. The topological polar surface area (TPSA) is 62.8 Å². The highest BCUT2D eigenvalue weighted by atomic mass is 35.5. The van der Waals surface area contributed by atoms with E-state index in [1.54, 1.807) is 12.1 Å². The van der Waals surface area contributed by atoms with E-state index in [9.17, 15) is 9.59 Å². The zero-order chi connectivity index (χ0) is 13.1. The first-order valence-corrected chi connectivity index (χ1v) is 5.78. The number of benzene rings is 1. The summed E-state index contributed by atoms with van der Waals surface area (Å²) < 4.78 is 0. The Bertz CT molecular complexity index is 632. The van der Waals surface area contributed by atoms with Gasteiger partial charge in [0.25, 0.3) is 0 Å². The van der Waals surface area contributed by atoms with Gasteiger partial charge in [0.15, 0.2) is 5.78 Å². The van der Waals surface area contributed by atoms with Crippen LogP contribution < -0.4 is 5.69 Å². The Morgan fingerprint density at radius 2 is 2.00 bits per heavy atom. The first kappa shape index (κ1) is 12.5. The molecule has 0 unspecified atom stereocenters. The minimum atomic E-state index is -0.508. The molecule has 0 bridgehead atoms. The van der Waals surface area contributed by atoms with E-state index in [0.29, 0.717) is 11.3 Å². The predicted octanol–water partition coefficient (Wildman–Crippen LogP) is 2.16. The largest absolute Gasteiger partial charge is 0.345 e. The number of hydrogen-bond donors (Lipinski definition) is 1. The van der Waals surface area contributed by atoms with Crippen molar-refractivity contribution in [3.05, 3.63) is 62.8 Å². The summed E-state index contributed by atoms with van der Waals surface area (Å²) in [6.07, 6.45) is 1.36. The first-order valence-electron chi connectivity index (χ1n) is 5.40. The van der Waals surface area contributed by atoms with Crippen molar-refractivity contribution in [1.29, 1.82) is 0 Å². The van der Waals surface area contributed by atoms with E-state index in [2.05, 4.69) is 9.97 Å². The maximum Gasteiger partial charge on any atom is 0.345 e. The van der Waals surface area contributed by atoms with E-state index < -0.39 is 5.69 Å². The molecule has 0 atom stereocenters. The number of nitrogens with zero attached hydrogens (tertiary/aromatic N) is 1. The highest BCUT2D eigenvalue weighted by molar-refractivity contribution is 6.31. The monoisotopic (exact) mass is 262 g/mol. The molecule has 18 heavy (non-hydrogen) atoms. The number of rotatable bonds is 3. The molecule has 0 fully saturated rings. The van der Waals surface area contributed by atoms with Crippen molar-refractivity contribution in [2.24, 2.45) is 0 Å². The molecule has 0 amide bonds. The summed E-state index contributed by atoms with van der Waals surface area (Å²) >= 11 is 5.87. The minimum Gasteiger partial charge on any atom is -0.311 e. The van der Waals surface area contributed by atoms with Crippen LogP contribution in [-0.2, 0) is 6.42 Å². The number of carbonyl (C=O) groups excluding carboxylic acids is 1. The van der Waals surface area contributed by atoms with E-state index in [0.717, 1.165) is 5.56 Å². The number of H-pyrrole nitrogens is 1. The molecule has 5 heteroatoms. The van der Waals surface area contributed by atoms with Gasteiger partial charge in [-0.3, -0.25) is 4.79 Å². The molecule has 1 aromatic heterocycles. The van der Waals surface area contributed by atoms with E-state index in [1.807, 2.05) is 19.1 Å². The van der Waals surface area contributed by atoms with Gasteiger partial charge in [-0.2, -0.15) is 4.98 Å². The number of nitrogens with one attached hydrogen (secondary N) is 1. The molecular formula is C13H11ClN2O2. The van der Waals surface area contributed by atoms with Crippen LogP contribution in [0.25, 0.3) is 0 Å². The minimum absolute atomic E-state index is 0.0197. The zero-order valence-electron chi connectivity index (χ0n) is 9.74. The Balaban J connectivity index is 2.23. The normalized spacial score (nSPS) is 10.3. The number of carbonyl (C=O) groups is 1. The van der Waals surface area contributed by atoms with Crippen molar-refractivity contribution in [2.75, 3.05) is 0 Å². The molecule has 0 aliphatic rings. The Hall–Kier alpha value is -1.94. The van der Waals surface area contributed by atoms with Gasteiger partial charge < -0.3 is 4.98 Å². The number of halogens is 1. The van der Waals surface area contributed by atoms with Gasteiger partial charge in [0.05, 0.1) is 17.1 Å². The Labute approximate surface area is 109 Å². The number of ketones is 1. The lowest BCUT2D eigenvalue weighted by molar-refractivity contribution is 0.0992. The van der Waals surface area contributed by atoms with E-state index in [-0.39, 0.29) is 17.2 Å². The summed E-state index contributed by atoms with van der Waals surface area (Å²) in [6.45, 7) is 1.95. The second-order valence-electron chi connectivity index (χ2n) is 3.97. The predicted molar refractivity (Wildman–Crippen MR) is 69.1 cm³/mol. The summed E-state index contributed by atoms with van der Waals surface area (Å²) in [5.41, 5.74) is 1.45. The van der Waals surface area contributed by atoms with Gasteiger partial charge in [-0.15, -0.1) is 0 Å². The van der Waals surface area contributed by atoms with Crippen molar-refractivity contribution in [1.82, 2.24) is 9.97 Å². The van der Waals surface area contributed by atoms with Crippen LogP contribution in [0.2, 0.25) is 5.02 Å². The molecule has 0 saturated heterocycles. The average Bonchev–Trinajstić information content (AvgIpc) is 2.34. The van der Waals surface area contributed by atoms with Crippen molar-refractivity contribution in [3.8, 4) is 0 Å². The fraction of sp³-hybridized carbons (Fsp3) is 0.154. The fourth-order valence-electron chi connectivity index (χ4n) is 1.53. The van der Waals surface area contributed by atoms with Crippen molar-refractivity contribution < 1.29 is 4.79 Å². The maximum atomic E-state index is 12.0. The van der Waals surface area contributed by atoms with E-state index in [4.69, 9.17) is 11.6 Å². The van der Waals surface area contributed by atoms with Gasteiger partial charge in [-0.05, 0) is 6.92 Å². The smallest absolute Gasteiger partial charge is 0.311 e. The first-order chi connectivity index (χ1) is 8.56. The molecule has 1 aromatic carbocycles. The lowest BCUT2D eigenvalue weighted by atomic mass is 10.1. The lowest BCUT2D eigenvalue weighted by Gasteiger charge is -2.02. The second kappa shape index (κ2) is 5.14. The number of aromatic nitrogens is 2. The molecule has 0 saturated carbocycles. The Kier molecular flexibility index (Phi) is 3.58. The van der Waals surface area contributed by atoms with Crippen molar-refractivity contribution in [3.63, 3.8) is 0 Å². The molecule has 0 aliphatic carbocycles. The molecule has 0 spiro atoms. The molecule has 0 aliphatic heterocycles. The van der Waals surface area contributed by atoms with Crippen LogP contribution in [0.3, 0.4) is 0 Å². The summed E-state index contributed by atoms with van der Waals surface area (Å²) in [4.78, 5) is 29.1. The van der Waals surface area contributed by atoms with Crippen LogP contribution in [-0.4, -0.2) is 15.8 Å². The third-order valence-corrected chi connectivity index (χ3v) is 2.86. The number of aryl methyl sites for hydroxylation is 1. The van der Waals surface area contributed by atoms with Gasteiger partial charge >= 0.3 is 5.69 Å². The van der Waals surface area contributed by atoms with Crippen LogP contribution >= 0.6 is 11.6 Å². The van der Waals surface area contributed by atoms with Crippen molar-refractivity contribution >= 4 is 17.4 Å². The molecule has 0 radical (unpaired) electrons. The Morgan fingerprint density at radius 3 is 2.67 bits per heavy atom. The molecule has 2 aromatic rings. The van der Waals surface area contributed by atoms with Crippen molar-refractivity contribution in [2.45, 2.75) is 13.3 Å². The molecule has 1 heterocycles. The summed E-state index contributed by atoms with van der Waals surface area (Å²) in [6, 6.07) is 7.22. The third-order valence-electron chi connectivity index (χ3n) is 2.54. The van der Waals surface area contributed by atoms with Crippen LogP contribution in [0.5, 0.6) is 0 Å². The maximum absolute atomic E-state index is 12.0. The number of Topliss-reactive ketones (excluding diaryl/α,β-unsaturated/α-hetero) is 1. The highest BCUT2D eigenvalue weighted by Crippen LogP contribution is 2.13. The van der Waals surface area contributed by atoms with Gasteiger partial charge in [0.2, 0.25) is 0 Å². The molecule has 92 valence electrons. The van der Waals surface area contributed by atoms with Gasteiger partial charge in [0.1, 0.15) is 0 Å². The highest BCUT2D eigenvalue weighted by Gasteiger charge is 2.11. The number of aromatic amines is 1. The molecular weight excluding hydrogens is 252 g/mol. The molecule has 4 nitrogen and oxygen atoms in total. The third kappa shape index (κ3) is 2.84. The average molecular weight is 263 g/mol. The summed E-state index contributed by atoms with van der Waals surface area (Å²) in [5.74, 6) is -0.116. The second-order valence-corrected chi connectivity index (χ2v) is 4.37. The summed E-state index contributed by atoms with van der Waals surface area (Å²) in [5, 5.41) is 0.287. The van der Waals surface area contributed by atoms with Gasteiger partial charge in [0, 0.05) is 11.8 Å². The van der Waals surface area contributed by atoms with Crippen LogP contribution in [0, 0.1) is 6.92 Å². The SMILES string of the molecule is Cc1ccc(C(=O)Cc2nc(=O)[nH]cc2Cl)cc1. The molecule has 2 rings (SSSR count). The van der Waals surface area contributed by atoms with Crippen LogP contribution in [0.4, 0.5) is 0 Å².